The lowest BCUT2D eigenvalue weighted by molar-refractivity contribution is 0.0997. The maximum atomic E-state index is 12.7. The van der Waals surface area contributed by atoms with E-state index in [1.807, 2.05) is 24.3 Å². The Morgan fingerprint density at radius 2 is 1.81 bits per heavy atom. The van der Waals surface area contributed by atoms with Crippen molar-refractivity contribution in [3.63, 3.8) is 0 Å². The normalized spacial score (nSPS) is 11.1. The van der Waals surface area contributed by atoms with E-state index >= 15 is 0 Å². The summed E-state index contributed by atoms with van der Waals surface area (Å²) >= 11 is 14.4. The van der Waals surface area contributed by atoms with Gasteiger partial charge in [-0.05, 0) is 89.3 Å². The summed E-state index contributed by atoms with van der Waals surface area (Å²) in [4.78, 5) is 17.2. The van der Waals surface area contributed by atoms with Crippen LogP contribution in [0.1, 0.15) is 10.6 Å². The minimum absolute atomic E-state index is 0.158. The number of anilines is 1. The van der Waals surface area contributed by atoms with Crippen LogP contribution in [0.2, 0.25) is 10.0 Å². The number of carbonyl (C=O) groups excluding carboxylic acids is 1. The largest absolute Gasteiger partial charge is 0.451 e. The van der Waals surface area contributed by atoms with E-state index in [9.17, 15) is 4.79 Å². The molecule has 0 fully saturated rings. The predicted octanol–water partition coefficient (Wildman–Crippen LogP) is 7.92. The monoisotopic (exact) mass is 574 g/mol. The number of rotatable bonds is 4. The number of furan rings is 1. The lowest BCUT2D eigenvalue weighted by Gasteiger charge is -2.03. The molecule has 0 aliphatic carbocycles. The molecule has 0 spiro atoms. The smallest absolute Gasteiger partial charge is 0.291 e. The van der Waals surface area contributed by atoms with E-state index in [1.54, 1.807) is 48.5 Å². The van der Waals surface area contributed by atoms with Crippen LogP contribution in [-0.2, 0) is 0 Å². The quantitative estimate of drug-likeness (QED) is 0.221. The summed E-state index contributed by atoms with van der Waals surface area (Å²) in [6, 6.07) is 21.5. The molecule has 1 amide bonds. The molecule has 3 aromatic carbocycles. The highest BCUT2D eigenvalue weighted by atomic mass is 127. The van der Waals surface area contributed by atoms with Crippen molar-refractivity contribution in [3.8, 4) is 22.8 Å². The highest BCUT2D eigenvalue weighted by Gasteiger charge is 2.16. The minimum Gasteiger partial charge on any atom is -0.451 e. The second-order valence-corrected chi connectivity index (χ2v) is 9.04. The van der Waals surface area contributed by atoms with Crippen molar-refractivity contribution < 1.29 is 13.6 Å². The van der Waals surface area contributed by atoms with Gasteiger partial charge in [0, 0.05) is 25.4 Å². The molecule has 1 N–H and O–H groups in total. The highest BCUT2D eigenvalue weighted by Crippen LogP contribution is 2.32. The molecular weight excluding hydrogens is 562 g/mol. The zero-order valence-electron chi connectivity index (χ0n) is 16.2. The van der Waals surface area contributed by atoms with Gasteiger partial charge in [-0.15, -0.1) is 0 Å². The molecule has 2 heterocycles. The van der Waals surface area contributed by atoms with Gasteiger partial charge in [-0.25, -0.2) is 4.98 Å². The molecule has 0 unspecified atom stereocenters. The van der Waals surface area contributed by atoms with Crippen LogP contribution in [0.5, 0.6) is 0 Å². The van der Waals surface area contributed by atoms with Gasteiger partial charge in [0.1, 0.15) is 11.3 Å². The molecule has 0 saturated carbocycles. The molecule has 5 nitrogen and oxygen atoms in total. The van der Waals surface area contributed by atoms with E-state index in [-0.39, 0.29) is 11.7 Å². The Kier molecular flexibility index (Phi) is 5.67. The lowest BCUT2D eigenvalue weighted by atomic mass is 10.2. The summed E-state index contributed by atoms with van der Waals surface area (Å²) in [5.74, 6) is 0.774. The molecule has 5 rings (SSSR count). The molecule has 0 atom stereocenters. The number of carbonyl (C=O) groups is 1. The molecule has 8 heteroatoms. The molecule has 32 heavy (non-hydrogen) atoms. The first-order chi connectivity index (χ1) is 15.5. The number of nitrogens with one attached hydrogen (secondary N) is 1. The number of fused-ring (bicyclic) bond motifs is 1. The van der Waals surface area contributed by atoms with E-state index in [0.717, 1.165) is 9.13 Å². The number of benzene rings is 3. The molecule has 0 bridgehead atoms. The Bertz CT molecular complexity index is 1480. The van der Waals surface area contributed by atoms with Crippen molar-refractivity contribution >= 4 is 68.5 Å². The first-order valence-corrected chi connectivity index (χ1v) is 11.3. The molecular formula is C24H13Cl2IN2O3. The number of hydrogen-bond acceptors (Lipinski definition) is 4. The van der Waals surface area contributed by atoms with E-state index in [0.29, 0.717) is 44.0 Å². The number of halogens is 3. The zero-order chi connectivity index (χ0) is 22.2. The maximum absolute atomic E-state index is 12.7. The number of nitrogens with zero attached hydrogens (tertiary/aromatic N) is 1. The molecule has 0 aliphatic rings. The van der Waals surface area contributed by atoms with E-state index in [2.05, 4.69) is 32.9 Å². The first-order valence-electron chi connectivity index (χ1n) is 9.49. The van der Waals surface area contributed by atoms with Crippen LogP contribution in [0.25, 0.3) is 33.9 Å². The third-order valence-corrected chi connectivity index (χ3v) is 5.96. The second kappa shape index (κ2) is 8.61. The standard InChI is InChI=1S/C24H13Cl2IN2O3/c25-14-4-6-17(18(26)11-14)20-8-9-22(31-20)23(30)28-16-5-7-21-19(12-16)29-24(32-21)13-2-1-3-15(27)10-13/h1-12H,(H,28,30). The van der Waals surface area contributed by atoms with E-state index < -0.39 is 0 Å². The SMILES string of the molecule is O=C(Nc1ccc2oc(-c3cccc(I)c3)nc2c1)c1ccc(-c2ccc(Cl)cc2Cl)o1. The van der Waals surface area contributed by atoms with Gasteiger partial charge in [-0.3, -0.25) is 4.79 Å². The highest BCUT2D eigenvalue weighted by molar-refractivity contribution is 14.1. The van der Waals surface area contributed by atoms with Crippen molar-refractivity contribution in [2.24, 2.45) is 0 Å². The second-order valence-electron chi connectivity index (χ2n) is 6.95. The average Bonchev–Trinajstić information content (AvgIpc) is 3.41. The Balaban J connectivity index is 1.37. The fourth-order valence-electron chi connectivity index (χ4n) is 3.24. The predicted molar refractivity (Wildman–Crippen MR) is 134 cm³/mol. The summed E-state index contributed by atoms with van der Waals surface area (Å²) < 4.78 is 12.7. The molecule has 2 aromatic heterocycles. The van der Waals surface area contributed by atoms with Gasteiger partial charge < -0.3 is 14.2 Å². The van der Waals surface area contributed by atoms with Gasteiger partial charge in [0.05, 0.1) is 5.02 Å². The third kappa shape index (κ3) is 4.26. The molecule has 0 radical (unpaired) electrons. The van der Waals surface area contributed by atoms with Gasteiger partial charge in [-0.1, -0.05) is 29.3 Å². The molecule has 0 aliphatic heterocycles. The van der Waals surface area contributed by atoms with Crippen LogP contribution in [-0.4, -0.2) is 10.9 Å². The minimum atomic E-state index is -0.387. The van der Waals surface area contributed by atoms with Crippen LogP contribution in [0.15, 0.2) is 81.6 Å². The zero-order valence-corrected chi connectivity index (χ0v) is 19.9. The summed E-state index contributed by atoms with van der Waals surface area (Å²) in [7, 11) is 0. The van der Waals surface area contributed by atoms with Crippen LogP contribution in [0, 0.1) is 3.57 Å². The van der Waals surface area contributed by atoms with Gasteiger partial charge in [0.25, 0.3) is 5.91 Å². The number of hydrogen-bond donors (Lipinski definition) is 1. The Labute approximate surface area is 206 Å². The van der Waals surface area contributed by atoms with Gasteiger partial charge in [-0.2, -0.15) is 0 Å². The van der Waals surface area contributed by atoms with E-state index in [4.69, 9.17) is 32.0 Å². The van der Waals surface area contributed by atoms with Crippen molar-refractivity contribution in [2.45, 2.75) is 0 Å². The third-order valence-electron chi connectivity index (χ3n) is 4.74. The summed E-state index contributed by atoms with van der Waals surface area (Å²) in [6.07, 6.45) is 0. The van der Waals surface area contributed by atoms with Crippen LogP contribution in [0.3, 0.4) is 0 Å². The summed E-state index contributed by atoms with van der Waals surface area (Å²) in [5.41, 5.74) is 3.40. The molecule has 0 saturated heterocycles. The topological polar surface area (TPSA) is 68.3 Å². The van der Waals surface area contributed by atoms with E-state index in [1.165, 1.54) is 0 Å². The number of amides is 1. The maximum Gasteiger partial charge on any atom is 0.291 e. The number of aromatic nitrogens is 1. The van der Waals surface area contributed by atoms with Gasteiger partial charge in [0.2, 0.25) is 5.89 Å². The Morgan fingerprint density at radius 1 is 0.938 bits per heavy atom. The fourth-order valence-corrected chi connectivity index (χ4v) is 4.28. The Hall–Kier alpha value is -2.81. The molecule has 158 valence electrons. The van der Waals surface area contributed by atoms with Crippen LogP contribution >= 0.6 is 45.8 Å². The van der Waals surface area contributed by atoms with Crippen LogP contribution in [0.4, 0.5) is 5.69 Å². The van der Waals surface area contributed by atoms with Gasteiger partial charge >= 0.3 is 0 Å². The van der Waals surface area contributed by atoms with Crippen molar-refractivity contribution in [1.82, 2.24) is 4.98 Å². The summed E-state index contributed by atoms with van der Waals surface area (Å²) in [6.45, 7) is 0. The summed E-state index contributed by atoms with van der Waals surface area (Å²) in [5, 5.41) is 3.80. The number of oxazole rings is 1. The fraction of sp³-hybridized carbons (Fsp3) is 0. The van der Waals surface area contributed by atoms with Gasteiger partial charge in [0.15, 0.2) is 11.3 Å². The lowest BCUT2D eigenvalue weighted by Crippen LogP contribution is -2.10. The average molecular weight is 575 g/mol. The van der Waals surface area contributed by atoms with Crippen molar-refractivity contribution in [1.29, 1.82) is 0 Å². The van der Waals surface area contributed by atoms with Crippen molar-refractivity contribution in [2.75, 3.05) is 5.32 Å². The first kappa shape index (κ1) is 21.1. The Morgan fingerprint density at radius 3 is 2.62 bits per heavy atom. The molecule has 5 aromatic rings. The van der Waals surface area contributed by atoms with Crippen LogP contribution < -0.4 is 5.32 Å². The van der Waals surface area contributed by atoms with Crippen molar-refractivity contribution in [3.05, 3.63) is 92.2 Å².